The third-order valence-corrected chi connectivity index (χ3v) is 6.26. The van der Waals surface area contributed by atoms with Crippen LogP contribution in [0, 0.1) is 0 Å². The number of hydrogen-bond donors (Lipinski definition) is 2. The van der Waals surface area contributed by atoms with Gasteiger partial charge in [-0.1, -0.05) is 31.4 Å². The summed E-state index contributed by atoms with van der Waals surface area (Å²) in [5.41, 5.74) is 4.58. The monoisotopic (exact) mass is 448 g/mol. The summed E-state index contributed by atoms with van der Waals surface area (Å²) in [6.45, 7) is 0.0946. The minimum absolute atomic E-state index is 0.0946. The van der Waals surface area contributed by atoms with Crippen LogP contribution in [-0.4, -0.2) is 24.6 Å². The van der Waals surface area contributed by atoms with Crippen molar-refractivity contribution in [3.05, 3.63) is 59.2 Å². The number of nitrogens with two attached hydrogens (primary N) is 1. The Morgan fingerprint density at radius 1 is 1.00 bits per heavy atom. The van der Waals surface area contributed by atoms with Crippen molar-refractivity contribution in [2.24, 2.45) is 5.73 Å². The van der Waals surface area contributed by atoms with Crippen LogP contribution in [-0.2, 0) is 16.4 Å². The van der Waals surface area contributed by atoms with E-state index in [0.717, 1.165) is 43.0 Å². The molecule has 32 heavy (non-hydrogen) atoms. The van der Waals surface area contributed by atoms with E-state index in [-0.39, 0.29) is 12.4 Å². The molecule has 4 rings (SSSR count). The van der Waals surface area contributed by atoms with Crippen molar-refractivity contribution < 1.29 is 32.2 Å². The van der Waals surface area contributed by atoms with Crippen molar-refractivity contribution in [2.75, 3.05) is 6.79 Å². The number of nitrogens with one attached hydrogen (secondary N) is 1. The molecule has 1 aliphatic heterocycles. The number of carbonyl (C=O) groups is 2. The van der Waals surface area contributed by atoms with Gasteiger partial charge in [-0.3, -0.25) is 9.59 Å². The highest BCUT2D eigenvalue weighted by Crippen LogP contribution is 2.45. The molecule has 2 aromatic rings. The second kappa shape index (κ2) is 8.37. The maximum absolute atomic E-state index is 13.1. The number of fused-ring (bicyclic) bond motifs is 1. The first-order valence-electron chi connectivity index (χ1n) is 10.4. The highest BCUT2D eigenvalue weighted by atomic mass is 19.4. The van der Waals surface area contributed by atoms with Gasteiger partial charge in [0.25, 0.3) is 5.91 Å². The molecule has 9 heteroatoms. The van der Waals surface area contributed by atoms with Gasteiger partial charge in [0, 0.05) is 11.0 Å². The Kier molecular flexibility index (Phi) is 5.75. The van der Waals surface area contributed by atoms with E-state index < -0.39 is 35.0 Å². The van der Waals surface area contributed by atoms with Crippen LogP contribution in [0.2, 0.25) is 0 Å². The molecule has 0 spiro atoms. The lowest BCUT2D eigenvalue weighted by molar-refractivity contribution is -0.137. The van der Waals surface area contributed by atoms with Crippen LogP contribution < -0.4 is 20.5 Å². The number of ether oxygens (including phenoxy) is 2. The van der Waals surface area contributed by atoms with Gasteiger partial charge in [0.05, 0.1) is 5.56 Å². The summed E-state index contributed by atoms with van der Waals surface area (Å²) in [6, 6.07) is 8.35. The number of halogens is 3. The zero-order chi connectivity index (χ0) is 22.9. The predicted molar refractivity (Wildman–Crippen MR) is 109 cm³/mol. The molecule has 1 aliphatic carbocycles. The van der Waals surface area contributed by atoms with Crippen LogP contribution in [0.1, 0.15) is 53.6 Å². The third kappa shape index (κ3) is 4.11. The number of benzene rings is 2. The van der Waals surface area contributed by atoms with E-state index >= 15 is 0 Å². The van der Waals surface area contributed by atoms with Gasteiger partial charge in [-0.05, 0) is 48.7 Å². The van der Waals surface area contributed by atoms with Crippen LogP contribution in [0.25, 0.3) is 0 Å². The van der Waals surface area contributed by atoms with Gasteiger partial charge in [-0.15, -0.1) is 0 Å². The van der Waals surface area contributed by atoms with Crippen molar-refractivity contribution in [3.8, 4) is 11.5 Å². The molecule has 1 fully saturated rings. The smallest absolute Gasteiger partial charge is 0.416 e. The zero-order valence-corrected chi connectivity index (χ0v) is 17.2. The Hall–Kier alpha value is -3.23. The van der Waals surface area contributed by atoms with Crippen LogP contribution in [0.15, 0.2) is 42.5 Å². The molecular weight excluding hydrogens is 425 g/mol. The molecule has 1 unspecified atom stereocenters. The quantitative estimate of drug-likeness (QED) is 0.726. The molecule has 170 valence electrons. The van der Waals surface area contributed by atoms with Gasteiger partial charge in [0.1, 0.15) is 6.04 Å². The summed E-state index contributed by atoms with van der Waals surface area (Å²) in [7, 11) is 0. The first kappa shape index (κ1) is 22.0. The Bertz CT molecular complexity index is 1030. The van der Waals surface area contributed by atoms with Crippen molar-refractivity contribution >= 4 is 11.8 Å². The Labute approximate surface area is 182 Å². The molecule has 0 radical (unpaired) electrons. The maximum atomic E-state index is 13.1. The molecule has 2 amide bonds. The second-order valence-electron chi connectivity index (χ2n) is 8.17. The van der Waals surface area contributed by atoms with E-state index in [1.165, 1.54) is 6.07 Å². The van der Waals surface area contributed by atoms with Crippen LogP contribution in [0.3, 0.4) is 0 Å². The first-order valence-corrected chi connectivity index (χ1v) is 10.4. The van der Waals surface area contributed by atoms with Gasteiger partial charge >= 0.3 is 6.18 Å². The molecule has 0 bridgehead atoms. The average Bonchev–Trinajstić information content (AvgIpc) is 3.25. The lowest BCUT2D eigenvalue weighted by Gasteiger charge is -2.43. The van der Waals surface area contributed by atoms with Gasteiger partial charge in [-0.2, -0.15) is 13.2 Å². The first-order chi connectivity index (χ1) is 15.2. The summed E-state index contributed by atoms with van der Waals surface area (Å²) in [5.74, 6) is -0.404. The minimum Gasteiger partial charge on any atom is -0.454 e. The topological polar surface area (TPSA) is 90.7 Å². The van der Waals surface area contributed by atoms with Crippen LogP contribution in [0.4, 0.5) is 13.2 Å². The maximum Gasteiger partial charge on any atom is 0.416 e. The molecule has 2 aliphatic rings. The number of amides is 2. The Morgan fingerprint density at radius 2 is 1.72 bits per heavy atom. The fourth-order valence-electron chi connectivity index (χ4n) is 4.67. The fraction of sp³-hybridized carbons (Fsp3) is 0.391. The SMILES string of the molecule is NC(=O)C(NC(=O)c1cccc(C(F)(F)F)c1)C1(c2ccc3c(c2)OCO3)CCCCC1. The summed E-state index contributed by atoms with van der Waals surface area (Å²) in [5, 5.41) is 2.64. The van der Waals surface area contributed by atoms with Gasteiger partial charge in [0.15, 0.2) is 11.5 Å². The molecule has 1 heterocycles. The number of alkyl halides is 3. The third-order valence-electron chi connectivity index (χ3n) is 6.26. The number of carbonyl (C=O) groups excluding carboxylic acids is 2. The van der Waals surface area contributed by atoms with Crippen molar-refractivity contribution in [2.45, 2.75) is 49.7 Å². The minimum atomic E-state index is -4.59. The highest BCUT2D eigenvalue weighted by Gasteiger charge is 2.46. The van der Waals surface area contributed by atoms with Gasteiger partial charge < -0.3 is 20.5 Å². The lowest BCUT2D eigenvalue weighted by Crippen LogP contribution is -2.58. The molecule has 0 saturated heterocycles. The number of rotatable bonds is 5. The molecule has 3 N–H and O–H groups in total. The molecule has 2 aromatic carbocycles. The number of primary amides is 1. The Balaban J connectivity index is 1.69. The summed E-state index contributed by atoms with van der Waals surface area (Å²) in [6.07, 6.45) is -0.808. The highest BCUT2D eigenvalue weighted by molar-refractivity contribution is 5.98. The normalized spacial score (nSPS) is 18.1. The van der Waals surface area contributed by atoms with Gasteiger partial charge in [0.2, 0.25) is 12.7 Å². The fourth-order valence-corrected chi connectivity index (χ4v) is 4.67. The summed E-state index contributed by atoms with van der Waals surface area (Å²) in [4.78, 5) is 25.5. The summed E-state index contributed by atoms with van der Waals surface area (Å²) < 4.78 is 50.1. The molecule has 6 nitrogen and oxygen atoms in total. The van der Waals surface area contributed by atoms with E-state index in [0.29, 0.717) is 24.3 Å². The number of hydrogen-bond acceptors (Lipinski definition) is 4. The van der Waals surface area contributed by atoms with E-state index in [1.807, 2.05) is 6.07 Å². The van der Waals surface area contributed by atoms with Crippen LogP contribution >= 0.6 is 0 Å². The standard InChI is InChI=1S/C23H23F3N2O4/c24-23(25,26)16-6-4-5-14(11-16)21(30)28-19(20(27)29)22(9-2-1-3-10-22)15-7-8-17-18(12-15)32-13-31-17/h4-8,11-12,19H,1-3,9-10,13H2,(H2,27,29)(H,28,30). The van der Waals surface area contributed by atoms with E-state index in [2.05, 4.69) is 5.32 Å². The summed E-state index contributed by atoms with van der Waals surface area (Å²) >= 11 is 0. The predicted octanol–water partition coefficient (Wildman–Crippen LogP) is 3.92. The average molecular weight is 448 g/mol. The van der Waals surface area contributed by atoms with Gasteiger partial charge in [-0.25, -0.2) is 0 Å². The van der Waals surface area contributed by atoms with E-state index in [9.17, 15) is 22.8 Å². The molecule has 1 saturated carbocycles. The second-order valence-corrected chi connectivity index (χ2v) is 8.17. The lowest BCUT2D eigenvalue weighted by atomic mass is 9.64. The molecular formula is C23H23F3N2O4. The largest absolute Gasteiger partial charge is 0.454 e. The van der Waals surface area contributed by atoms with E-state index in [4.69, 9.17) is 15.2 Å². The van der Waals surface area contributed by atoms with Crippen molar-refractivity contribution in [1.82, 2.24) is 5.32 Å². The van der Waals surface area contributed by atoms with E-state index in [1.54, 1.807) is 12.1 Å². The zero-order valence-electron chi connectivity index (χ0n) is 17.2. The Morgan fingerprint density at radius 3 is 2.41 bits per heavy atom. The molecule has 1 atom stereocenters. The molecule has 0 aromatic heterocycles. The van der Waals surface area contributed by atoms with Crippen LogP contribution in [0.5, 0.6) is 11.5 Å². The van der Waals surface area contributed by atoms with Crippen molar-refractivity contribution in [3.63, 3.8) is 0 Å². The van der Waals surface area contributed by atoms with Crippen molar-refractivity contribution in [1.29, 1.82) is 0 Å².